The summed E-state index contributed by atoms with van der Waals surface area (Å²) in [6.45, 7) is 5.91. The van der Waals surface area contributed by atoms with Gasteiger partial charge in [0.2, 0.25) is 0 Å². The Kier molecular flexibility index (Phi) is 6.56. The molecule has 0 fully saturated rings. The maximum Gasteiger partial charge on any atom is 0.262 e. The molecule has 1 N–H and O–H groups in total. The minimum Gasteiger partial charge on any atom is -0.490 e. The van der Waals surface area contributed by atoms with Crippen LogP contribution in [0.5, 0.6) is 5.75 Å². The van der Waals surface area contributed by atoms with E-state index in [1.54, 1.807) is 36.4 Å². The van der Waals surface area contributed by atoms with Gasteiger partial charge in [0.1, 0.15) is 24.0 Å². The topological polar surface area (TPSA) is 62.1 Å². The lowest BCUT2D eigenvalue weighted by Crippen LogP contribution is -2.27. The van der Waals surface area contributed by atoms with Gasteiger partial charge in [-0.2, -0.15) is 5.26 Å². The predicted octanol–water partition coefficient (Wildman–Crippen LogP) is 4.04. The number of hydrogen-bond donors (Lipinski definition) is 1. The summed E-state index contributed by atoms with van der Waals surface area (Å²) in [4.78, 5) is 12.3. The molecule has 0 saturated heterocycles. The van der Waals surface area contributed by atoms with E-state index in [1.165, 1.54) is 0 Å². The number of carbonyl (C=O) groups excluding carboxylic acids is 1. The lowest BCUT2D eigenvalue weighted by atomic mass is 10.1. The SMILES string of the molecule is C=CCOc1ccc(/C=C(\C#N)C(=O)NC(C)c2ccccc2)cc1. The van der Waals surface area contributed by atoms with E-state index in [2.05, 4.69) is 11.9 Å². The Hall–Kier alpha value is -3.32. The number of nitriles is 1. The van der Waals surface area contributed by atoms with Gasteiger partial charge in [-0.3, -0.25) is 4.79 Å². The molecule has 0 aliphatic heterocycles. The van der Waals surface area contributed by atoms with Gasteiger partial charge in [0.25, 0.3) is 5.91 Å². The Bertz CT molecular complexity index is 787. The molecule has 25 heavy (non-hydrogen) atoms. The Morgan fingerprint density at radius 1 is 1.24 bits per heavy atom. The Morgan fingerprint density at radius 3 is 2.52 bits per heavy atom. The number of carbonyl (C=O) groups is 1. The molecule has 0 heterocycles. The average molecular weight is 332 g/mol. The van der Waals surface area contributed by atoms with Crippen LogP contribution in [0.2, 0.25) is 0 Å². The van der Waals surface area contributed by atoms with Gasteiger partial charge in [0.15, 0.2) is 0 Å². The molecular formula is C21H20N2O2. The summed E-state index contributed by atoms with van der Waals surface area (Å²) in [5.41, 5.74) is 1.80. The summed E-state index contributed by atoms with van der Waals surface area (Å²) in [7, 11) is 0. The molecule has 2 rings (SSSR count). The average Bonchev–Trinajstić information content (AvgIpc) is 2.65. The molecule has 0 bridgehead atoms. The fourth-order valence-electron chi connectivity index (χ4n) is 2.23. The zero-order chi connectivity index (χ0) is 18.1. The molecule has 0 radical (unpaired) electrons. The van der Waals surface area contributed by atoms with E-state index in [-0.39, 0.29) is 11.6 Å². The Balaban J connectivity index is 2.07. The first-order chi connectivity index (χ1) is 12.1. The third kappa shape index (κ3) is 5.36. The number of amides is 1. The Labute approximate surface area is 148 Å². The number of benzene rings is 2. The molecule has 4 heteroatoms. The van der Waals surface area contributed by atoms with Crippen LogP contribution >= 0.6 is 0 Å². The smallest absolute Gasteiger partial charge is 0.262 e. The standard InChI is InChI=1S/C21H20N2O2/c1-3-13-25-20-11-9-17(10-12-20)14-19(15-22)21(24)23-16(2)18-7-5-4-6-8-18/h3-12,14,16H,1,13H2,2H3,(H,23,24)/b19-14+. The van der Waals surface area contributed by atoms with E-state index in [1.807, 2.05) is 43.3 Å². The van der Waals surface area contributed by atoms with Gasteiger partial charge in [-0.25, -0.2) is 0 Å². The van der Waals surface area contributed by atoms with E-state index in [0.717, 1.165) is 11.1 Å². The number of nitrogens with one attached hydrogen (secondary N) is 1. The van der Waals surface area contributed by atoms with E-state index in [0.29, 0.717) is 12.4 Å². The van der Waals surface area contributed by atoms with Crippen LogP contribution in [-0.4, -0.2) is 12.5 Å². The summed E-state index contributed by atoms with van der Waals surface area (Å²) < 4.78 is 5.41. The number of nitrogens with zero attached hydrogens (tertiary/aromatic N) is 1. The van der Waals surface area contributed by atoms with Crippen LogP contribution in [0.4, 0.5) is 0 Å². The molecule has 0 aliphatic rings. The van der Waals surface area contributed by atoms with Crippen molar-refractivity contribution in [1.29, 1.82) is 5.26 Å². The molecule has 0 spiro atoms. The quantitative estimate of drug-likeness (QED) is 0.473. The van der Waals surface area contributed by atoms with Crippen molar-refractivity contribution in [2.75, 3.05) is 6.61 Å². The third-order valence-corrected chi connectivity index (χ3v) is 3.57. The molecule has 1 unspecified atom stereocenters. The first-order valence-electron chi connectivity index (χ1n) is 7.95. The van der Waals surface area contributed by atoms with Crippen LogP contribution < -0.4 is 10.1 Å². The normalized spacial score (nSPS) is 11.9. The maximum atomic E-state index is 12.3. The monoisotopic (exact) mass is 332 g/mol. The first kappa shape index (κ1) is 18.0. The molecule has 1 atom stereocenters. The van der Waals surface area contributed by atoms with Crippen LogP contribution in [0, 0.1) is 11.3 Å². The van der Waals surface area contributed by atoms with Gasteiger partial charge in [-0.15, -0.1) is 0 Å². The van der Waals surface area contributed by atoms with Crippen LogP contribution in [0.3, 0.4) is 0 Å². The first-order valence-corrected chi connectivity index (χ1v) is 7.95. The second-order valence-corrected chi connectivity index (χ2v) is 5.44. The van der Waals surface area contributed by atoms with Crippen molar-refractivity contribution in [3.8, 4) is 11.8 Å². The summed E-state index contributed by atoms with van der Waals surface area (Å²) in [5.74, 6) is 0.309. The highest BCUT2D eigenvalue weighted by molar-refractivity contribution is 6.01. The van der Waals surface area contributed by atoms with Gasteiger partial charge < -0.3 is 10.1 Å². The lowest BCUT2D eigenvalue weighted by Gasteiger charge is -2.13. The van der Waals surface area contributed by atoms with Crippen LogP contribution in [0.15, 0.2) is 72.8 Å². The zero-order valence-corrected chi connectivity index (χ0v) is 14.1. The minimum atomic E-state index is -0.397. The number of rotatable bonds is 7. The van der Waals surface area contributed by atoms with Gasteiger partial charge in [0.05, 0.1) is 6.04 Å². The van der Waals surface area contributed by atoms with Crippen molar-refractivity contribution in [2.24, 2.45) is 0 Å². The largest absolute Gasteiger partial charge is 0.490 e. The molecule has 4 nitrogen and oxygen atoms in total. The maximum absolute atomic E-state index is 12.3. The van der Waals surface area contributed by atoms with Crippen LogP contribution in [-0.2, 0) is 4.79 Å². The Morgan fingerprint density at radius 2 is 1.92 bits per heavy atom. The van der Waals surface area contributed by atoms with E-state index < -0.39 is 5.91 Å². The number of hydrogen-bond acceptors (Lipinski definition) is 3. The second kappa shape index (κ2) is 9.09. The number of ether oxygens (including phenoxy) is 1. The molecule has 0 aliphatic carbocycles. The van der Waals surface area contributed by atoms with Gasteiger partial charge in [-0.05, 0) is 36.3 Å². The molecule has 2 aromatic carbocycles. The fraction of sp³-hybridized carbons (Fsp3) is 0.143. The summed E-state index contributed by atoms with van der Waals surface area (Å²) in [6.07, 6.45) is 3.23. The van der Waals surface area contributed by atoms with E-state index in [9.17, 15) is 10.1 Å². The van der Waals surface area contributed by atoms with E-state index in [4.69, 9.17) is 4.74 Å². The highest BCUT2D eigenvalue weighted by Gasteiger charge is 2.13. The second-order valence-electron chi connectivity index (χ2n) is 5.44. The highest BCUT2D eigenvalue weighted by atomic mass is 16.5. The molecule has 126 valence electrons. The van der Waals surface area contributed by atoms with E-state index >= 15 is 0 Å². The molecule has 0 aromatic heterocycles. The van der Waals surface area contributed by atoms with Gasteiger partial charge in [-0.1, -0.05) is 55.1 Å². The summed E-state index contributed by atoms with van der Waals surface area (Å²) >= 11 is 0. The molecular weight excluding hydrogens is 312 g/mol. The zero-order valence-electron chi connectivity index (χ0n) is 14.1. The van der Waals surface area contributed by atoms with Crippen LogP contribution in [0.25, 0.3) is 6.08 Å². The highest BCUT2D eigenvalue weighted by Crippen LogP contribution is 2.16. The van der Waals surface area contributed by atoms with Crippen molar-refractivity contribution in [3.63, 3.8) is 0 Å². The summed E-state index contributed by atoms with van der Waals surface area (Å²) in [6, 6.07) is 18.6. The molecule has 0 saturated carbocycles. The predicted molar refractivity (Wildman–Crippen MR) is 98.7 cm³/mol. The third-order valence-electron chi connectivity index (χ3n) is 3.57. The van der Waals surface area contributed by atoms with Crippen molar-refractivity contribution in [2.45, 2.75) is 13.0 Å². The van der Waals surface area contributed by atoms with Gasteiger partial charge >= 0.3 is 0 Å². The fourth-order valence-corrected chi connectivity index (χ4v) is 2.23. The van der Waals surface area contributed by atoms with Crippen molar-refractivity contribution >= 4 is 12.0 Å². The molecule has 1 amide bonds. The van der Waals surface area contributed by atoms with Crippen molar-refractivity contribution in [1.82, 2.24) is 5.32 Å². The lowest BCUT2D eigenvalue weighted by molar-refractivity contribution is -0.117. The van der Waals surface area contributed by atoms with Crippen molar-refractivity contribution < 1.29 is 9.53 Å². The van der Waals surface area contributed by atoms with Crippen molar-refractivity contribution in [3.05, 3.63) is 84.0 Å². The van der Waals surface area contributed by atoms with Crippen LogP contribution in [0.1, 0.15) is 24.1 Å². The van der Waals surface area contributed by atoms with Gasteiger partial charge in [0, 0.05) is 0 Å². The minimum absolute atomic E-state index is 0.0579. The summed E-state index contributed by atoms with van der Waals surface area (Å²) in [5, 5.41) is 12.1. The molecule has 2 aromatic rings.